The molecule has 0 unspecified atom stereocenters. The molecular formula is C13H15N3O3. The van der Waals surface area contributed by atoms with Crippen molar-refractivity contribution in [2.75, 3.05) is 12.3 Å². The van der Waals surface area contributed by atoms with Gasteiger partial charge in [0.25, 0.3) is 5.69 Å². The van der Waals surface area contributed by atoms with Crippen LogP contribution >= 0.6 is 0 Å². The molecule has 0 spiro atoms. The minimum atomic E-state index is -0.523. The summed E-state index contributed by atoms with van der Waals surface area (Å²) in [6, 6.07) is 3.12. The van der Waals surface area contributed by atoms with Crippen LogP contribution in [0.4, 0.5) is 11.4 Å². The van der Waals surface area contributed by atoms with Gasteiger partial charge in [0.1, 0.15) is 5.69 Å². The van der Waals surface area contributed by atoms with Crippen molar-refractivity contribution in [3.8, 4) is 11.8 Å². The monoisotopic (exact) mass is 261 g/mol. The first-order valence-corrected chi connectivity index (χ1v) is 5.69. The fourth-order valence-electron chi connectivity index (χ4n) is 1.49. The Bertz CT molecular complexity index is 570. The lowest BCUT2D eigenvalue weighted by atomic mass is 10.1. The van der Waals surface area contributed by atoms with Crippen molar-refractivity contribution in [2.45, 2.75) is 20.3 Å². The molecule has 1 aromatic rings. The maximum atomic E-state index is 10.8. The second-order valence-electron chi connectivity index (χ2n) is 4.04. The molecule has 1 rings (SSSR count). The molecule has 0 aliphatic carbocycles. The number of carbonyl (C=O) groups is 1. The molecule has 19 heavy (non-hydrogen) atoms. The molecule has 0 atom stereocenters. The molecule has 0 saturated heterocycles. The van der Waals surface area contributed by atoms with Gasteiger partial charge in [-0.2, -0.15) is 0 Å². The summed E-state index contributed by atoms with van der Waals surface area (Å²) in [6.07, 6.45) is 0.459. The Labute approximate surface area is 111 Å². The molecule has 6 nitrogen and oxygen atoms in total. The van der Waals surface area contributed by atoms with Crippen molar-refractivity contribution >= 4 is 17.3 Å². The van der Waals surface area contributed by atoms with E-state index in [1.54, 1.807) is 13.0 Å². The van der Waals surface area contributed by atoms with Gasteiger partial charge in [0.2, 0.25) is 5.91 Å². The topological polar surface area (TPSA) is 98.3 Å². The fourth-order valence-corrected chi connectivity index (χ4v) is 1.49. The quantitative estimate of drug-likeness (QED) is 0.282. The number of amides is 1. The van der Waals surface area contributed by atoms with E-state index in [0.29, 0.717) is 18.5 Å². The van der Waals surface area contributed by atoms with Crippen LogP contribution in [0.5, 0.6) is 0 Å². The summed E-state index contributed by atoms with van der Waals surface area (Å²) in [6.45, 7) is 3.61. The van der Waals surface area contributed by atoms with E-state index in [4.69, 9.17) is 5.73 Å². The first-order chi connectivity index (χ1) is 8.91. The molecule has 3 N–H and O–H groups in total. The van der Waals surface area contributed by atoms with Gasteiger partial charge in [-0.25, -0.2) is 0 Å². The first-order valence-electron chi connectivity index (χ1n) is 5.69. The van der Waals surface area contributed by atoms with E-state index in [1.165, 1.54) is 13.0 Å². The van der Waals surface area contributed by atoms with Crippen LogP contribution in [0, 0.1) is 28.9 Å². The number of rotatable bonds is 3. The van der Waals surface area contributed by atoms with E-state index >= 15 is 0 Å². The normalized spacial score (nSPS) is 9.37. The molecule has 0 saturated carbocycles. The smallest absolute Gasteiger partial charge is 0.293 e. The molecule has 0 aliphatic rings. The number of hydrogen-bond acceptors (Lipinski definition) is 4. The van der Waals surface area contributed by atoms with E-state index in [0.717, 1.165) is 5.56 Å². The molecule has 0 radical (unpaired) electrons. The van der Waals surface area contributed by atoms with Gasteiger partial charge in [-0.05, 0) is 18.6 Å². The van der Waals surface area contributed by atoms with Crippen molar-refractivity contribution in [3.05, 3.63) is 33.4 Å². The third kappa shape index (κ3) is 4.32. The molecular weight excluding hydrogens is 246 g/mol. The second-order valence-corrected chi connectivity index (χ2v) is 4.04. The van der Waals surface area contributed by atoms with E-state index in [9.17, 15) is 14.9 Å². The SMILES string of the molecule is CC(=O)NCCC#Cc1cc(C)cc([N+](=O)[O-])c1N. The Hall–Kier alpha value is -2.55. The van der Waals surface area contributed by atoms with Gasteiger partial charge in [-0.1, -0.05) is 11.8 Å². The summed E-state index contributed by atoms with van der Waals surface area (Å²) in [7, 11) is 0. The number of anilines is 1. The Morgan fingerprint density at radius 3 is 2.79 bits per heavy atom. The van der Waals surface area contributed by atoms with Crippen molar-refractivity contribution < 1.29 is 9.72 Å². The zero-order valence-electron chi connectivity index (χ0n) is 10.8. The third-order valence-electron chi connectivity index (χ3n) is 2.35. The second kappa shape index (κ2) is 6.40. The highest BCUT2D eigenvalue weighted by atomic mass is 16.6. The lowest BCUT2D eigenvalue weighted by Gasteiger charge is -2.02. The third-order valence-corrected chi connectivity index (χ3v) is 2.35. The van der Waals surface area contributed by atoms with Gasteiger partial charge in [-0.15, -0.1) is 0 Å². The lowest BCUT2D eigenvalue weighted by Crippen LogP contribution is -2.20. The molecule has 0 heterocycles. The Morgan fingerprint density at radius 1 is 1.53 bits per heavy atom. The number of nitrogens with one attached hydrogen (secondary N) is 1. The van der Waals surface area contributed by atoms with Crippen LogP contribution in [0.15, 0.2) is 12.1 Å². The predicted octanol–water partition coefficient (Wildman–Crippen LogP) is 1.36. The van der Waals surface area contributed by atoms with Crippen LogP contribution < -0.4 is 11.1 Å². The van der Waals surface area contributed by atoms with Crippen molar-refractivity contribution in [3.63, 3.8) is 0 Å². The predicted molar refractivity (Wildman–Crippen MR) is 72.4 cm³/mol. The van der Waals surface area contributed by atoms with Crippen molar-refractivity contribution in [1.82, 2.24) is 5.32 Å². The van der Waals surface area contributed by atoms with Crippen LogP contribution in [-0.4, -0.2) is 17.4 Å². The summed E-state index contributed by atoms with van der Waals surface area (Å²) in [5.74, 6) is 5.50. The van der Waals surface area contributed by atoms with Crippen LogP contribution in [0.1, 0.15) is 24.5 Å². The zero-order valence-corrected chi connectivity index (χ0v) is 10.8. The van der Waals surface area contributed by atoms with Gasteiger partial charge >= 0.3 is 0 Å². The number of nitro groups is 1. The summed E-state index contributed by atoms with van der Waals surface area (Å²) < 4.78 is 0. The molecule has 0 bridgehead atoms. The highest BCUT2D eigenvalue weighted by Gasteiger charge is 2.14. The maximum absolute atomic E-state index is 10.8. The van der Waals surface area contributed by atoms with Gasteiger partial charge in [0.05, 0.1) is 10.5 Å². The van der Waals surface area contributed by atoms with E-state index in [-0.39, 0.29) is 17.3 Å². The number of carbonyl (C=O) groups excluding carboxylic acids is 1. The summed E-state index contributed by atoms with van der Waals surface area (Å²) >= 11 is 0. The largest absolute Gasteiger partial charge is 0.392 e. The van der Waals surface area contributed by atoms with Gasteiger partial charge in [0, 0.05) is 26.0 Å². The lowest BCUT2D eigenvalue weighted by molar-refractivity contribution is -0.384. The van der Waals surface area contributed by atoms with Gasteiger partial charge < -0.3 is 11.1 Å². The van der Waals surface area contributed by atoms with Crippen LogP contribution in [-0.2, 0) is 4.79 Å². The number of nitrogens with two attached hydrogens (primary N) is 1. The molecule has 1 aromatic carbocycles. The molecule has 100 valence electrons. The number of nitrogens with zero attached hydrogens (tertiary/aromatic N) is 1. The van der Waals surface area contributed by atoms with Crippen LogP contribution in [0.3, 0.4) is 0 Å². The average Bonchev–Trinajstić information content (AvgIpc) is 2.31. The standard InChI is InChI=1S/C13H15N3O3/c1-9-7-11(5-3-4-6-15-10(2)17)13(14)12(8-9)16(18)19/h7-8H,4,6,14H2,1-2H3,(H,15,17). The van der Waals surface area contributed by atoms with E-state index in [2.05, 4.69) is 17.2 Å². The van der Waals surface area contributed by atoms with Gasteiger partial charge in [0.15, 0.2) is 0 Å². The minimum absolute atomic E-state index is 0.0719. The molecule has 1 amide bonds. The molecule has 0 fully saturated rings. The summed E-state index contributed by atoms with van der Waals surface area (Å²) in [4.78, 5) is 20.9. The number of benzene rings is 1. The van der Waals surface area contributed by atoms with E-state index in [1.807, 2.05) is 0 Å². The molecule has 0 aromatic heterocycles. The highest BCUT2D eigenvalue weighted by Crippen LogP contribution is 2.26. The number of hydrogen-bond donors (Lipinski definition) is 2. The highest BCUT2D eigenvalue weighted by molar-refractivity contribution is 5.72. The zero-order chi connectivity index (χ0) is 14.4. The minimum Gasteiger partial charge on any atom is -0.392 e. The van der Waals surface area contributed by atoms with Crippen LogP contribution in [0.2, 0.25) is 0 Å². The number of nitro benzene ring substituents is 1. The maximum Gasteiger partial charge on any atom is 0.293 e. The van der Waals surface area contributed by atoms with Crippen molar-refractivity contribution in [1.29, 1.82) is 0 Å². The van der Waals surface area contributed by atoms with Crippen molar-refractivity contribution in [2.24, 2.45) is 0 Å². The van der Waals surface area contributed by atoms with Gasteiger partial charge in [-0.3, -0.25) is 14.9 Å². The molecule has 6 heteroatoms. The van der Waals surface area contributed by atoms with Crippen LogP contribution in [0.25, 0.3) is 0 Å². The molecule has 0 aliphatic heterocycles. The summed E-state index contributed by atoms with van der Waals surface area (Å²) in [5.41, 5.74) is 6.81. The first kappa shape index (κ1) is 14.5. The Morgan fingerprint density at radius 2 is 2.21 bits per heavy atom. The Kier molecular flexibility index (Phi) is 4.89. The fraction of sp³-hybridized carbons (Fsp3) is 0.308. The number of nitrogen functional groups attached to an aromatic ring is 1. The van der Waals surface area contributed by atoms with E-state index < -0.39 is 4.92 Å². The number of aryl methyl sites for hydroxylation is 1. The summed E-state index contributed by atoms with van der Waals surface area (Å²) in [5, 5.41) is 13.4. The Balaban J connectivity index is 2.87. The average molecular weight is 261 g/mol.